The van der Waals surface area contributed by atoms with Crippen molar-refractivity contribution in [1.29, 1.82) is 0 Å². The summed E-state index contributed by atoms with van der Waals surface area (Å²) in [5.41, 5.74) is 8.82. The third kappa shape index (κ3) is 4.94. The van der Waals surface area contributed by atoms with E-state index < -0.39 is 5.91 Å². The molecular weight excluding hydrogens is 326 g/mol. The minimum Gasteiger partial charge on any atom is -0.364 e. The monoisotopic (exact) mass is 349 g/mol. The number of aryl methyl sites for hydroxylation is 1. The van der Waals surface area contributed by atoms with Crippen LogP contribution in [0.1, 0.15) is 53.0 Å². The number of amides is 1. The van der Waals surface area contributed by atoms with E-state index in [1.54, 1.807) is 6.92 Å². The summed E-state index contributed by atoms with van der Waals surface area (Å²) >= 11 is 0. The number of aromatic nitrogens is 1. The number of hydrogen-bond donors (Lipinski definition) is 3. The van der Waals surface area contributed by atoms with Crippen LogP contribution >= 0.6 is 12.4 Å². The summed E-state index contributed by atoms with van der Waals surface area (Å²) < 4.78 is 0. The van der Waals surface area contributed by atoms with E-state index in [4.69, 9.17) is 5.73 Å². The van der Waals surface area contributed by atoms with Crippen molar-refractivity contribution in [3.63, 3.8) is 0 Å². The zero-order valence-electron chi connectivity index (χ0n) is 14.1. The molecule has 0 fully saturated rings. The lowest BCUT2D eigenvalue weighted by Crippen LogP contribution is -2.34. The van der Waals surface area contributed by atoms with Gasteiger partial charge in [-0.1, -0.05) is 38.1 Å². The van der Waals surface area contributed by atoms with Gasteiger partial charge in [0.2, 0.25) is 0 Å². The Kier molecular flexibility index (Phi) is 7.19. The number of halogens is 1. The molecule has 1 atom stereocenters. The van der Waals surface area contributed by atoms with Gasteiger partial charge in [-0.3, -0.25) is 9.59 Å². The number of hydrogen-bond acceptors (Lipinski definition) is 3. The normalized spacial score (nSPS) is 11.7. The molecule has 2 rings (SSSR count). The number of benzene rings is 1. The van der Waals surface area contributed by atoms with Crippen molar-refractivity contribution in [2.24, 2.45) is 5.73 Å². The molecule has 0 saturated carbocycles. The van der Waals surface area contributed by atoms with E-state index in [1.807, 2.05) is 24.3 Å². The molecule has 1 amide bonds. The smallest absolute Gasteiger partial charge is 0.256 e. The summed E-state index contributed by atoms with van der Waals surface area (Å²) in [6, 6.07) is 9.14. The van der Waals surface area contributed by atoms with Crippen molar-refractivity contribution >= 4 is 18.3 Å². The second kappa shape index (κ2) is 8.66. The van der Waals surface area contributed by atoms with Crippen LogP contribution < -0.4 is 16.5 Å². The van der Waals surface area contributed by atoms with E-state index in [9.17, 15) is 9.59 Å². The summed E-state index contributed by atoms with van der Waals surface area (Å²) in [5.74, 6) is 0.0498. The Morgan fingerprint density at radius 3 is 2.33 bits per heavy atom. The minimum absolute atomic E-state index is 0. The summed E-state index contributed by atoms with van der Waals surface area (Å²) in [7, 11) is 0. The van der Waals surface area contributed by atoms with Crippen molar-refractivity contribution in [3.05, 3.63) is 69.1 Å². The van der Waals surface area contributed by atoms with Gasteiger partial charge in [0.25, 0.3) is 5.91 Å². The van der Waals surface area contributed by atoms with Crippen LogP contribution in [0.25, 0.3) is 0 Å². The van der Waals surface area contributed by atoms with Crippen LogP contribution in [-0.4, -0.2) is 17.4 Å². The molecule has 0 spiro atoms. The lowest BCUT2D eigenvalue weighted by atomic mass is 9.99. The standard InChI is InChI=1S/C18H23N3O2.ClH/c1-11(2)13-4-6-14(7-5-13)16(19)10-21-18(23)15-9-20-12(3)8-17(15)22;/h4-9,11,16H,10,19H2,1-3H3,(H,20,22)(H,21,23);1H. The summed E-state index contributed by atoms with van der Waals surface area (Å²) in [6.07, 6.45) is 1.43. The van der Waals surface area contributed by atoms with Gasteiger partial charge in [0.1, 0.15) is 5.56 Å². The molecule has 130 valence electrons. The highest BCUT2D eigenvalue weighted by Crippen LogP contribution is 2.17. The largest absolute Gasteiger partial charge is 0.364 e. The maximum absolute atomic E-state index is 12.1. The lowest BCUT2D eigenvalue weighted by Gasteiger charge is -2.14. The first-order valence-corrected chi connectivity index (χ1v) is 7.71. The fraction of sp³-hybridized carbons (Fsp3) is 0.333. The number of H-pyrrole nitrogens is 1. The van der Waals surface area contributed by atoms with Crippen molar-refractivity contribution in [2.45, 2.75) is 32.7 Å². The van der Waals surface area contributed by atoms with E-state index in [1.165, 1.54) is 17.8 Å². The highest BCUT2D eigenvalue weighted by molar-refractivity contribution is 5.93. The molecule has 0 radical (unpaired) electrons. The van der Waals surface area contributed by atoms with Gasteiger partial charge in [-0.25, -0.2) is 0 Å². The van der Waals surface area contributed by atoms with E-state index in [2.05, 4.69) is 24.1 Å². The lowest BCUT2D eigenvalue weighted by molar-refractivity contribution is 0.0950. The molecule has 0 aliphatic heterocycles. The van der Waals surface area contributed by atoms with Gasteiger partial charge in [-0.15, -0.1) is 12.4 Å². The van der Waals surface area contributed by atoms with Gasteiger partial charge >= 0.3 is 0 Å². The number of aromatic amines is 1. The molecule has 24 heavy (non-hydrogen) atoms. The van der Waals surface area contributed by atoms with Gasteiger partial charge in [0.05, 0.1) is 0 Å². The van der Waals surface area contributed by atoms with Crippen molar-refractivity contribution < 1.29 is 4.79 Å². The second-order valence-corrected chi connectivity index (χ2v) is 6.03. The number of pyridine rings is 1. The minimum atomic E-state index is -0.416. The molecule has 5 nitrogen and oxygen atoms in total. The summed E-state index contributed by atoms with van der Waals surface area (Å²) in [6.45, 7) is 6.30. The molecule has 1 aromatic carbocycles. The average Bonchev–Trinajstić information content (AvgIpc) is 2.52. The SMILES string of the molecule is Cc1cc(=O)c(C(=O)NCC(N)c2ccc(C(C)C)cc2)c[nH]1.Cl. The molecule has 0 aliphatic carbocycles. The Morgan fingerprint density at radius 2 is 1.79 bits per heavy atom. The van der Waals surface area contributed by atoms with Crippen LogP contribution in [0.4, 0.5) is 0 Å². The zero-order valence-corrected chi connectivity index (χ0v) is 14.9. The summed E-state index contributed by atoms with van der Waals surface area (Å²) in [5, 5.41) is 2.71. The highest BCUT2D eigenvalue weighted by Gasteiger charge is 2.13. The van der Waals surface area contributed by atoms with Gasteiger partial charge in [-0.2, -0.15) is 0 Å². The third-order valence-corrected chi connectivity index (χ3v) is 3.82. The molecular formula is C18H24ClN3O2. The average molecular weight is 350 g/mol. The maximum Gasteiger partial charge on any atom is 0.256 e. The molecule has 4 N–H and O–H groups in total. The molecule has 1 aromatic heterocycles. The van der Waals surface area contributed by atoms with Crippen molar-refractivity contribution in [2.75, 3.05) is 6.54 Å². The van der Waals surface area contributed by atoms with Gasteiger partial charge in [-0.05, 0) is 24.0 Å². The molecule has 2 aromatic rings. The maximum atomic E-state index is 12.1. The molecule has 0 aliphatic rings. The summed E-state index contributed by atoms with van der Waals surface area (Å²) in [4.78, 5) is 26.7. The van der Waals surface area contributed by atoms with Crippen molar-refractivity contribution in [3.8, 4) is 0 Å². The van der Waals surface area contributed by atoms with E-state index in [0.717, 1.165) is 5.56 Å². The molecule has 0 bridgehead atoms. The van der Waals surface area contributed by atoms with Crippen LogP contribution in [-0.2, 0) is 0 Å². The molecule has 1 unspecified atom stereocenters. The number of rotatable bonds is 5. The van der Waals surface area contributed by atoms with Crippen LogP contribution in [0.5, 0.6) is 0 Å². The predicted molar refractivity (Wildman–Crippen MR) is 98.8 cm³/mol. The van der Waals surface area contributed by atoms with Crippen LogP contribution in [0.2, 0.25) is 0 Å². The van der Waals surface area contributed by atoms with Crippen molar-refractivity contribution in [1.82, 2.24) is 10.3 Å². The fourth-order valence-electron chi connectivity index (χ4n) is 2.29. The predicted octanol–water partition coefficient (Wildman–Crippen LogP) is 2.66. The Bertz CT molecular complexity index is 739. The van der Waals surface area contributed by atoms with Gasteiger partial charge < -0.3 is 16.0 Å². The van der Waals surface area contributed by atoms with E-state index in [-0.39, 0.29) is 36.0 Å². The Labute approximate surface area is 148 Å². The number of nitrogens with one attached hydrogen (secondary N) is 2. The van der Waals surface area contributed by atoms with Gasteiger partial charge in [0, 0.05) is 30.5 Å². The molecule has 1 heterocycles. The molecule has 0 saturated heterocycles. The highest BCUT2D eigenvalue weighted by atomic mass is 35.5. The number of carbonyl (C=O) groups is 1. The second-order valence-electron chi connectivity index (χ2n) is 6.03. The van der Waals surface area contributed by atoms with Crippen LogP contribution in [0, 0.1) is 6.92 Å². The first-order chi connectivity index (χ1) is 10.9. The molecule has 6 heteroatoms. The van der Waals surface area contributed by atoms with E-state index in [0.29, 0.717) is 11.6 Å². The number of nitrogens with two attached hydrogens (primary N) is 1. The first-order valence-electron chi connectivity index (χ1n) is 7.71. The quantitative estimate of drug-likeness (QED) is 0.775. The Hall–Kier alpha value is -2.11. The third-order valence-electron chi connectivity index (χ3n) is 3.82. The fourth-order valence-corrected chi connectivity index (χ4v) is 2.29. The Balaban J connectivity index is 0.00000288. The van der Waals surface area contributed by atoms with Crippen LogP contribution in [0.3, 0.4) is 0 Å². The topological polar surface area (TPSA) is 88.0 Å². The number of carbonyl (C=O) groups excluding carboxylic acids is 1. The zero-order chi connectivity index (χ0) is 17.0. The van der Waals surface area contributed by atoms with E-state index >= 15 is 0 Å². The van der Waals surface area contributed by atoms with Crippen LogP contribution in [0.15, 0.2) is 41.3 Å². The first kappa shape index (κ1) is 19.9. The Morgan fingerprint density at radius 1 is 1.21 bits per heavy atom. The van der Waals surface area contributed by atoms with Gasteiger partial charge in [0.15, 0.2) is 5.43 Å².